The second-order valence-corrected chi connectivity index (χ2v) is 5.28. The maximum Gasteiger partial charge on any atom is 0.0724 e. The van der Waals surface area contributed by atoms with Crippen LogP contribution in [0.25, 0.3) is 0 Å². The maximum atomic E-state index is 4.43. The molecule has 0 bridgehead atoms. The summed E-state index contributed by atoms with van der Waals surface area (Å²) in [7, 11) is 0. The average Bonchev–Trinajstić information content (AvgIpc) is 2.75. The zero-order chi connectivity index (χ0) is 10.9. The Morgan fingerprint density at radius 2 is 2.47 bits per heavy atom. The summed E-state index contributed by atoms with van der Waals surface area (Å²) in [6.45, 7) is 6.57. The molecule has 3 nitrogen and oxygen atoms in total. The number of nitrogens with zero attached hydrogens (tertiary/aromatic N) is 2. The lowest BCUT2D eigenvalue weighted by Gasteiger charge is -2.26. The third-order valence-electron chi connectivity index (χ3n) is 3.12. The average molecular weight is 272 g/mol. The monoisotopic (exact) mass is 271 g/mol. The molecule has 1 aromatic heterocycles. The number of aryl methyl sites for hydroxylation is 1. The Bertz CT molecular complexity index is 340. The van der Waals surface area contributed by atoms with Crippen molar-refractivity contribution >= 4 is 15.9 Å². The number of halogens is 1. The van der Waals surface area contributed by atoms with Gasteiger partial charge in [0.1, 0.15) is 0 Å². The third-order valence-corrected chi connectivity index (χ3v) is 3.70. The highest BCUT2D eigenvalue weighted by Crippen LogP contribution is 2.34. The molecule has 1 atom stereocenters. The van der Waals surface area contributed by atoms with Crippen molar-refractivity contribution in [3.05, 3.63) is 16.4 Å². The Hall–Kier alpha value is -0.350. The number of hydrogen-bond acceptors (Lipinski definition) is 2. The summed E-state index contributed by atoms with van der Waals surface area (Å²) in [6.07, 6.45) is 5.48. The van der Waals surface area contributed by atoms with E-state index in [4.69, 9.17) is 0 Å². The van der Waals surface area contributed by atoms with E-state index in [9.17, 15) is 0 Å². The zero-order valence-electron chi connectivity index (χ0n) is 9.39. The van der Waals surface area contributed by atoms with Crippen LogP contribution in [0.5, 0.6) is 0 Å². The Kier molecular flexibility index (Phi) is 3.16. The van der Waals surface area contributed by atoms with E-state index in [1.807, 2.05) is 6.20 Å². The van der Waals surface area contributed by atoms with Crippen LogP contribution in [-0.2, 0) is 12.1 Å². The molecule has 0 amide bonds. The molecule has 84 valence electrons. The molecule has 0 saturated carbocycles. The maximum absolute atomic E-state index is 4.43. The summed E-state index contributed by atoms with van der Waals surface area (Å²) in [4.78, 5) is 0. The molecule has 1 saturated heterocycles. The molecule has 1 aliphatic heterocycles. The van der Waals surface area contributed by atoms with Gasteiger partial charge in [0, 0.05) is 6.54 Å². The summed E-state index contributed by atoms with van der Waals surface area (Å²) in [5.41, 5.74) is 1.41. The van der Waals surface area contributed by atoms with E-state index in [-0.39, 0.29) is 5.54 Å². The second-order valence-electron chi connectivity index (χ2n) is 4.43. The largest absolute Gasteiger partial charge is 0.306 e. The highest BCUT2D eigenvalue weighted by molar-refractivity contribution is 9.10. The number of aromatic nitrogens is 2. The van der Waals surface area contributed by atoms with Crippen LogP contribution in [0.4, 0.5) is 0 Å². The van der Waals surface area contributed by atoms with E-state index in [2.05, 4.69) is 44.9 Å². The molecule has 1 aliphatic rings. The van der Waals surface area contributed by atoms with Crippen LogP contribution in [0.15, 0.2) is 10.7 Å². The van der Waals surface area contributed by atoms with Gasteiger partial charge in [-0.15, -0.1) is 0 Å². The smallest absolute Gasteiger partial charge is 0.0724 e. The van der Waals surface area contributed by atoms with E-state index in [0.29, 0.717) is 0 Å². The predicted octanol–water partition coefficient (Wildman–Crippen LogP) is 2.65. The van der Waals surface area contributed by atoms with Crippen LogP contribution < -0.4 is 5.32 Å². The van der Waals surface area contributed by atoms with Crippen molar-refractivity contribution in [1.29, 1.82) is 0 Å². The molecule has 1 unspecified atom stereocenters. The normalized spacial score (nSPS) is 26.1. The number of rotatable bonds is 3. The molecule has 2 rings (SSSR count). The zero-order valence-corrected chi connectivity index (χ0v) is 11.0. The summed E-state index contributed by atoms with van der Waals surface area (Å²) < 4.78 is 3.26. The lowest BCUT2D eigenvalue weighted by molar-refractivity contribution is 0.384. The van der Waals surface area contributed by atoms with E-state index in [0.717, 1.165) is 24.0 Å². The fourth-order valence-electron chi connectivity index (χ4n) is 2.39. The molecule has 0 aliphatic carbocycles. The van der Waals surface area contributed by atoms with Crippen molar-refractivity contribution < 1.29 is 0 Å². The first kappa shape index (κ1) is 11.1. The lowest BCUT2D eigenvalue weighted by atomic mass is 9.96. The molecule has 15 heavy (non-hydrogen) atoms. The minimum absolute atomic E-state index is 0.102. The molecular formula is C11H18BrN3. The molecule has 2 heterocycles. The fraction of sp³-hybridized carbons (Fsp3) is 0.727. The van der Waals surface area contributed by atoms with Gasteiger partial charge in [-0.1, -0.05) is 6.92 Å². The molecule has 0 spiro atoms. The molecule has 1 fully saturated rings. The van der Waals surface area contributed by atoms with Crippen molar-refractivity contribution in [3.8, 4) is 0 Å². The van der Waals surface area contributed by atoms with E-state index < -0.39 is 0 Å². The van der Waals surface area contributed by atoms with Gasteiger partial charge in [-0.2, -0.15) is 5.10 Å². The Labute approximate surface area is 99.4 Å². The van der Waals surface area contributed by atoms with E-state index >= 15 is 0 Å². The van der Waals surface area contributed by atoms with Gasteiger partial charge in [0.25, 0.3) is 0 Å². The predicted molar refractivity (Wildman–Crippen MR) is 64.8 cm³/mol. The molecular weight excluding hydrogens is 254 g/mol. The minimum atomic E-state index is 0.102. The van der Waals surface area contributed by atoms with Gasteiger partial charge in [-0.05, 0) is 48.7 Å². The van der Waals surface area contributed by atoms with Gasteiger partial charge < -0.3 is 5.32 Å². The Morgan fingerprint density at radius 3 is 3.07 bits per heavy atom. The van der Waals surface area contributed by atoms with Gasteiger partial charge in [0.15, 0.2) is 0 Å². The van der Waals surface area contributed by atoms with Crippen LogP contribution in [0, 0.1) is 0 Å². The summed E-state index contributed by atoms with van der Waals surface area (Å²) in [5.74, 6) is 0. The first-order chi connectivity index (χ1) is 7.17. The third kappa shape index (κ3) is 1.97. The molecule has 1 N–H and O–H groups in total. The highest BCUT2D eigenvalue weighted by Gasteiger charge is 2.34. The van der Waals surface area contributed by atoms with Gasteiger partial charge in [0.05, 0.1) is 21.9 Å². The van der Waals surface area contributed by atoms with Crippen molar-refractivity contribution in [1.82, 2.24) is 15.1 Å². The summed E-state index contributed by atoms with van der Waals surface area (Å²) >= 11 is 3.61. The first-order valence-corrected chi connectivity index (χ1v) is 6.43. The van der Waals surface area contributed by atoms with Crippen molar-refractivity contribution in [2.45, 2.75) is 45.2 Å². The van der Waals surface area contributed by atoms with Crippen molar-refractivity contribution in [2.24, 2.45) is 0 Å². The van der Waals surface area contributed by atoms with Crippen LogP contribution >= 0.6 is 15.9 Å². The second kappa shape index (κ2) is 4.26. The SMILES string of the molecule is CCCn1ncc(Br)c1C1(C)CCCN1. The van der Waals surface area contributed by atoms with Gasteiger partial charge in [-0.3, -0.25) is 4.68 Å². The van der Waals surface area contributed by atoms with Gasteiger partial charge >= 0.3 is 0 Å². The van der Waals surface area contributed by atoms with Crippen LogP contribution in [0.3, 0.4) is 0 Å². The standard InChI is InChI=1S/C11H18BrN3/c1-3-7-15-10(9(12)8-14-15)11(2)5-4-6-13-11/h8,13H,3-7H2,1-2H3. The van der Waals surface area contributed by atoms with E-state index in [1.54, 1.807) is 0 Å². The lowest BCUT2D eigenvalue weighted by Crippen LogP contribution is -2.36. The van der Waals surface area contributed by atoms with Crippen LogP contribution in [-0.4, -0.2) is 16.3 Å². The topological polar surface area (TPSA) is 29.9 Å². The highest BCUT2D eigenvalue weighted by atomic mass is 79.9. The number of hydrogen-bond donors (Lipinski definition) is 1. The Balaban J connectivity index is 2.36. The van der Waals surface area contributed by atoms with Crippen LogP contribution in [0.2, 0.25) is 0 Å². The van der Waals surface area contributed by atoms with Crippen LogP contribution in [0.1, 0.15) is 38.8 Å². The Morgan fingerprint density at radius 1 is 1.67 bits per heavy atom. The minimum Gasteiger partial charge on any atom is -0.306 e. The first-order valence-electron chi connectivity index (χ1n) is 5.64. The van der Waals surface area contributed by atoms with Gasteiger partial charge in [0.2, 0.25) is 0 Å². The summed E-state index contributed by atoms with van der Waals surface area (Å²) in [5, 5.41) is 8.01. The quantitative estimate of drug-likeness (QED) is 0.916. The molecule has 1 aromatic rings. The van der Waals surface area contributed by atoms with Crippen molar-refractivity contribution in [2.75, 3.05) is 6.54 Å². The molecule has 0 aromatic carbocycles. The molecule has 0 radical (unpaired) electrons. The summed E-state index contributed by atoms with van der Waals surface area (Å²) in [6, 6.07) is 0. The van der Waals surface area contributed by atoms with Gasteiger partial charge in [-0.25, -0.2) is 0 Å². The number of nitrogens with one attached hydrogen (secondary N) is 1. The fourth-order valence-corrected chi connectivity index (χ4v) is 3.12. The molecule has 4 heteroatoms. The van der Waals surface area contributed by atoms with Crippen molar-refractivity contribution in [3.63, 3.8) is 0 Å². The van der Waals surface area contributed by atoms with E-state index in [1.165, 1.54) is 18.5 Å².